The Balaban J connectivity index is 2.78. The van der Waals surface area contributed by atoms with Crippen molar-refractivity contribution in [1.82, 2.24) is 0 Å². The molecule has 0 aromatic heterocycles. The van der Waals surface area contributed by atoms with E-state index in [4.69, 9.17) is 0 Å². The number of hydrogen-bond donors (Lipinski definition) is 0. The van der Waals surface area contributed by atoms with Crippen LogP contribution in [0, 0.1) is 18.6 Å². The number of aliphatic imine (C=N–C) groups is 1. The number of thioether (sulfide) groups is 1. The predicted octanol–water partition coefficient (Wildman–Crippen LogP) is 3.19. The zero-order valence-electron chi connectivity index (χ0n) is 6.77. The van der Waals surface area contributed by atoms with Gasteiger partial charge in [-0.05, 0) is 24.4 Å². The van der Waals surface area contributed by atoms with Gasteiger partial charge in [0.1, 0.15) is 11.5 Å². The van der Waals surface area contributed by atoms with Crippen molar-refractivity contribution >= 4 is 23.3 Å². The van der Waals surface area contributed by atoms with Crippen LogP contribution in [0.15, 0.2) is 21.4 Å². The predicted molar refractivity (Wildman–Crippen MR) is 48.6 cm³/mol. The highest BCUT2D eigenvalue weighted by Crippen LogP contribution is 2.37. The first kappa shape index (κ1) is 8.48. The molecule has 0 atom stereocenters. The first-order valence-electron chi connectivity index (χ1n) is 3.63. The fourth-order valence-corrected chi connectivity index (χ4v) is 1.75. The van der Waals surface area contributed by atoms with Crippen LogP contribution in [-0.2, 0) is 0 Å². The number of aryl methyl sites for hydroxylation is 1. The van der Waals surface area contributed by atoms with Gasteiger partial charge in [-0.1, -0.05) is 11.8 Å². The van der Waals surface area contributed by atoms with Gasteiger partial charge in [0.15, 0.2) is 5.82 Å². The van der Waals surface area contributed by atoms with Crippen molar-refractivity contribution in [1.29, 1.82) is 0 Å². The summed E-state index contributed by atoms with van der Waals surface area (Å²) >= 11 is 1.09. The molecule has 1 aliphatic rings. The van der Waals surface area contributed by atoms with Crippen LogP contribution in [0.5, 0.6) is 0 Å². The quantitative estimate of drug-likeness (QED) is 0.622. The van der Waals surface area contributed by atoms with E-state index < -0.39 is 11.6 Å². The van der Waals surface area contributed by atoms with Gasteiger partial charge in [-0.15, -0.1) is 0 Å². The average molecular weight is 197 g/mol. The highest BCUT2D eigenvalue weighted by Gasteiger charge is 2.17. The zero-order chi connectivity index (χ0) is 9.42. The Morgan fingerprint density at radius 1 is 1.46 bits per heavy atom. The van der Waals surface area contributed by atoms with Crippen molar-refractivity contribution in [2.45, 2.75) is 11.8 Å². The topological polar surface area (TPSA) is 12.4 Å². The molecule has 0 fully saturated rings. The van der Waals surface area contributed by atoms with Crippen LogP contribution >= 0.6 is 11.8 Å². The third-order valence-electron chi connectivity index (χ3n) is 1.74. The molecule has 1 aromatic rings. The second kappa shape index (κ2) is 2.98. The third-order valence-corrected chi connectivity index (χ3v) is 2.58. The highest BCUT2D eigenvalue weighted by molar-refractivity contribution is 8.02. The summed E-state index contributed by atoms with van der Waals surface area (Å²) in [4.78, 5) is 3.91. The SMILES string of the molecule is Cc1cc(F)c2c(c1F)N=C=CS2. The van der Waals surface area contributed by atoms with Crippen LogP contribution in [0.2, 0.25) is 0 Å². The summed E-state index contributed by atoms with van der Waals surface area (Å²) in [6, 6.07) is 1.18. The maximum absolute atomic E-state index is 13.3. The van der Waals surface area contributed by atoms with E-state index >= 15 is 0 Å². The van der Waals surface area contributed by atoms with E-state index in [0.717, 1.165) is 11.8 Å². The molecular formula is C9H5F2NS. The summed E-state index contributed by atoms with van der Waals surface area (Å²) < 4.78 is 26.6. The lowest BCUT2D eigenvalue weighted by atomic mass is 10.2. The van der Waals surface area contributed by atoms with Crippen molar-refractivity contribution in [3.05, 3.63) is 28.7 Å². The van der Waals surface area contributed by atoms with E-state index in [-0.39, 0.29) is 16.1 Å². The van der Waals surface area contributed by atoms with Gasteiger partial charge in [-0.2, -0.15) is 0 Å². The van der Waals surface area contributed by atoms with Crippen LogP contribution in [0.3, 0.4) is 0 Å². The van der Waals surface area contributed by atoms with Gasteiger partial charge < -0.3 is 0 Å². The molecule has 66 valence electrons. The molecule has 13 heavy (non-hydrogen) atoms. The van der Waals surface area contributed by atoms with Crippen molar-refractivity contribution in [3.8, 4) is 0 Å². The Morgan fingerprint density at radius 2 is 2.23 bits per heavy atom. The average Bonchev–Trinajstić information content (AvgIpc) is 2.15. The first-order chi connectivity index (χ1) is 6.20. The maximum atomic E-state index is 13.3. The summed E-state index contributed by atoms with van der Waals surface area (Å²) in [7, 11) is 0. The van der Waals surface area contributed by atoms with Crippen LogP contribution < -0.4 is 0 Å². The standard InChI is InChI=1S/C9H5F2NS/c1-5-4-6(10)9-8(7(5)11)12-2-3-13-9/h3-4H,1H3. The lowest BCUT2D eigenvalue weighted by molar-refractivity contribution is 0.573. The number of rotatable bonds is 0. The molecular weight excluding hydrogens is 192 g/mol. The molecule has 2 rings (SSSR count). The van der Waals surface area contributed by atoms with Gasteiger partial charge in [0.05, 0.1) is 4.90 Å². The fraction of sp³-hybridized carbons (Fsp3) is 0.111. The molecule has 1 aromatic carbocycles. The molecule has 0 spiro atoms. The molecule has 1 aliphatic heterocycles. The molecule has 0 saturated heterocycles. The fourth-order valence-electron chi connectivity index (χ4n) is 1.11. The molecule has 0 amide bonds. The lowest BCUT2D eigenvalue weighted by Crippen LogP contribution is -1.92. The van der Waals surface area contributed by atoms with Gasteiger partial charge in [0.2, 0.25) is 0 Å². The molecule has 0 N–H and O–H groups in total. The van der Waals surface area contributed by atoms with Crippen molar-refractivity contribution in [2.24, 2.45) is 4.99 Å². The zero-order valence-corrected chi connectivity index (χ0v) is 7.58. The molecule has 0 unspecified atom stereocenters. The number of nitrogens with zero attached hydrogens (tertiary/aromatic N) is 1. The number of fused-ring (bicyclic) bond motifs is 1. The Kier molecular flexibility index (Phi) is 1.94. The van der Waals surface area contributed by atoms with Gasteiger partial charge in [-0.3, -0.25) is 0 Å². The minimum absolute atomic E-state index is 0.0602. The summed E-state index contributed by atoms with van der Waals surface area (Å²) in [5.41, 5.74) is 0.328. The molecule has 0 saturated carbocycles. The molecule has 1 heterocycles. The number of hydrogen-bond acceptors (Lipinski definition) is 2. The van der Waals surface area contributed by atoms with Crippen LogP contribution in [0.25, 0.3) is 0 Å². The van der Waals surface area contributed by atoms with Gasteiger partial charge in [0, 0.05) is 5.41 Å². The van der Waals surface area contributed by atoms with Crippen LogP contribution in [-0.4, -0.2) is 5.87 Å². The third kappa shape index (κ3) is 1.28. The smallest absolute Gasteiger partial charge is 0.153 e. The van der Waals surface area contributed by atoms with Crippen LogP contribution in [0.4, 0.5) is 14.5 Å². The summed E-state index contributed by atoms with van der Waals surface area (Å²) in [6.07, 6.45) is 0. The maximum Gasteiger partial charge on any atom is 0.153 e. The Hall–Kier alpha value is -1.12. The monoisotopic (exact) mass is 197 g/mol. The Morgan fingerprint density at radius 3 is 3.00 bits per heavy atom. The van der Waals surface area contributed by atoms with E-state index in [0.29, 0.717) is 0 Å². The molecule has 0 radical (unpaired) electrons. The van der Waals surface area contributed by atoms with E-state index in [1.807, 2.05) is 0 Å². The van der Waals surface area contributed by atoms with E-state index in [1.54, 1.807) is 0 Å². The number of benzene rings is 1. The minimum Gasteiger partial charge on any atom is -0.206 e. The van der Waals surface area contributed by atoms with Gasteiger partial charge in [-0.25, -0.2) is 13.8 Å². The Bertz CT molecular complexity index is 434. The molecule has 1 nitrogen and oxygen atoms in total. The normalized spacial score (nSPS) is 13.2. The van der Waals surface area contributed by atoms with Crippen LogP contribution in [0.1, 0.15) is 5.56 Å². The summed E-state index contributed by atoms with van der Waals surface area (Å²) in [5, 5.41) is 1.50. The van der Waals surface area contributed by atoms with Crippen molar-refractivity contribution in [3.63, 3.8) is 0 Å². The summed E-state index contributed by atoms with van der Waals surface area (Å²) in [5.74, 6) is 1.59. The lowest BCUT2D eigenvalue weighted by Gasteiger charge is -2.08. The minimum atomic E-state index is -0.468. The van der Waals surface area contributed by atoms with E-state index in [9.17, 15) is 8.78 Å². The molecule has 4 heteroatoms. The number of halogens is 2. The van der Waals surface area contributed by atoms with Crippen molar-refractivity contribution in [2.75, 3.05) is 0 Å². The Labute approximate surface area is 78.2 Å². The largest absolute Gasteiger partial charge is 0.206 e. The van der Waals surface area contributed by atoms with Gasteiger partial charge in [0.25, 0.3) is 0 Å². The first-order valence-corrected chi connectivity index (χ1v) is 4.51. The molecule has 0 bridgehead atoms. The second-order valence-corrected chi connectivity index (χ2v) is 3.52. The van der Waals surface area contributed by atoms with Gasteiger partial charge >= 0.3 is 0 Å². The summed E-state index contributed by atoms with van der Waals surface area (Å²) in [6.45, 7) is 1.51. The van der Waals surface area contributed by atoms with E-state index in [1.165, 1.54) is 18.4 Å². The second-order valence-electron chi connectivity index (χ2n) is 2.64. The van der Waals surface area contributed by atoms with Crippen molar-refractivity contribution < 1.29 is 8.78 Å². The molecule has 0 aliphatic carbocycles. The van der Waals surface area contributed by atoms with E-state index in [2.05, 4.69) is 10.9 Å². The highest BCUT2D eigenvalue weighted by atomic mass is 32.2.